The quantitative estimate of drug-likeness (QED) is 0.921. The number of aromatic carboxylic acids is 1. The van der Waals surface area contributed by atoms with E-state index >= 15 is 0 Å². The zero-order chi connectivity index (χ0) is 16.7. The third-order valence-corrected chi connectivity index (χ3v) is 5.51. The fraction of sp³-hybridized carbons (Fsp3) is 0.500. The average Bonchev–Trinajstić information content (AvgIpc) is 2.40. The van der Waals surface area contributed by atoms with Crippen LogP contribution in [0.2, 0.25) is 0 Å². The Morgan fingerprint density at radius 1 is 1.23 bits per heavy atom. The number of halogens is 2. The lowest BCUT2D eigenvalue weighted by molar-refractivity contribution is 0.0690. The molecule has 0 amide bonds. The maximum atomic E-state index is 13.5. The summed E-state index contributed by atoms with van der Waals surface area (Å²) in [6.45, 7) is 4.36. The second kappa shape index (κ2) is 5.92. The molecule has 1 aliphatic rings. The van der Waals surface area contributed by atoms with Crippen LogP contribution in [-0.2, 0) is 10.0 Å². The van der Waals surface area contributed by atoms with E-state index in [-0.39, 0.29) is 24.9 Å². The van der Waals surface area contributed by atoms with Gasteiger partial charge in [0.15, 0.2) is 11.6 Å². The molecule has 1 fully saturated rings. The van der Waals surface area contributed by atoms with Crippen LogP contribution in [-0.4, -0.2) is 36.9 Å². The molecule has 22 heavy (non-hydrogen) atoms. The number of piperidine rings is 1. The van der Waals surface area contributed by atoms with Crippen LogP contribution in [0.5, 0.6) is 0 Å². The maximum absolute atomic E-state index is 13.5. The van der Waals surface area contributed by atoms with Crippen molar-refractivity contribution in [2.45, 2.75) is 25.2 Å². The number of carbonyl (C=O) groups is 1. The highest BCUT2D eigenvalue weighted by Crippen LogP contribution is 2.28. The van der Waals surface area contributed by atoms with Gasteiger partial charge in [-0.15, -0.1) is 0 Å². The van der Waals surface area contributed by atoms with E-state index in [1.165, 1.54) is 4.31 Å². The summed E-state index contributed by atoms with van der Waals surface area (Å²) in [4.78, 5) is 10.4. The van der Waals surface area contributed by atoms with Crippen molar-refractivity contribution in [2.75, 3.05) is 13.1 Å². The third kappa shape index (κ3) is 3.12. The predicted molar refractivity (Wildman–Crippen MR) is 75.0 cm³/mol. The van der Waals surface area contributed by atoms with Crippen LogP contribution in [0.3, 0.4) is 0 Å². The number of nitrogens with zero attached hydrogens (tertiary/aromatic N) is 1. The van der Waals surface area contributed by atoms with E-state index in [2.05, 4.69) is 0 Å². The highest BCUT2D eigenvalue weighted by atomic mass is 32.2. The molecule has 122 valence electrons. The first-order chi connectivity index (χ1) is 10.1. The lowest BCUT2D eigenvalue weighted by Gasteiger charge is -2.34. The molecular weight excluding hydrogens is 316 g/mol. The van der Waals surface area contributed by atoms with Crippen LogP contribution in [0, 0.1) is 23.5 Å². The molecule has 8 heteroatoms. The molecule has 1 saturated heterocycles. The Bertz CT molecular complexity index is 695. The minimum absolute atomic E-state index is 0.141. The van der Waals surface area contributed by atoms with Gasteiger partial charge < -0.3 is 5.11 Å². The van der Waals surface area contributed by atoms with Crippen LogP contribution < -0.4 is 0 Å². The monoisotopic (exact) mass is 333 g/mol. The van der Waals surface area contributed by atoms with Crippen molar-refractivity contribution in [3.63, 3.8) is 0 Å². The van der Waals surface area contributed by atoms with E-state index in [0.29, 0.717) is 12.1 Å². The van der Waals surface area contributed by atoms with Crippen LogP contribution >= 0.6 is 0 Å². The molecule has 2 rings (SSSR count). The van der Waals surface area contributed by atoms with E-state index in [1.807, 2.05) is 13.8 Å². The maximum Gasteiger partial charge on any atom is 0.338 e. The number of benzene rings is 1. The summed E-state index contributed by atoms with van der Waals surface area (Å²) in [5, 5.41) is 8.86. The van der Waals surface area contributed by atoms with Crippen molar-refractivity contribution in [1.29, 1.82) is 0 Å². The summed E-state index contributed by atoms with van der Waals surface area (Å²) >= 11 is 0. The van der Waals surface area contributed by atoms with E-state index < -0.39 is 38.1 Å². The molecule has 1 aliphatic heterocycles. The normalized spacial score (nSPS) is 23.5. The molecule has 1 heterocycles. The zero-order valence-electron chi connectivity index (χ0n) is 12.2. The molecular formula is C14H17F2NO4S. The first-order valence-electron chi connectivity index (χ1n) is 6.85. The largest absolute Gasteiger partial charge is 0.478 e. The molecule has 0 bridgehead atoms. The van der Waals surface area contributed by atoms with E-state index in [1.54, 1.807) is 0 Å². The Morgan fingerprint density at radius 3 is 2.27 bits per heavy atom. The lowest BCUT2D eigenvalue weighted by Crippen LogP contribution is -2.42. The topological polar surface area (TPSA) is 74.7 Å². The second-order valence-electron chi connectivity index (χ2n) is 5.84. The smallest absolute Gasteiger partial charge is 0.338 e. The van der Waals surface area contributed by atoms with Gasteiger partial charge >= 0.3 is 5.97 Å². The van der Waals surface area contributed by atoms with E-state index in [9.17, 15) is 22.0 Å². The standard InChI is InChI=1S/C14H17F2NO4S/c1-8-3-9(2)7-17(6-8)22(20,21)10-4-11(14(18)19)13(16)12(15)5-10/h4-5,8-9H,3,6-7H2,1-2H3,(H,18,19). The molecule has 0 aliphatic carbocycles. The van der Waals surface area contributed by atoms with Gasteiger partial charge in [-0.05, 0) is 30.4 Å². The molecule has 0 spiro atoms. The summed E-state index contributed by atoms with van der Waals surface area (Å²) in [5.74, 6) is -4.48. The molecule has 1 aromatic carbocycles. The van der Waals surface area contributed by atoms with Gasteiger partial charge in [0, 0.05) is 13.1 Å². The minimum Gasteiger partial charge on any atom is -0.478 e. The van der Waals surface area contributed by atoms with E-state index in [4.69, 9.17) is 5.11 Å². The Kier molecular flexibility index (Phi) is 4.53. The van der Waals surface area contributed by atoms with Gasteiger partial charge in [-0.2, -0.15) is 4.31 Å². The van der Waals surface area contributed by atoms with E-state index in [0.717, 1.165) is 6.42 Å². The lowest BCUT2D eigenvalue weighted by atomic mass is 9.94. The van der Waals surface area contributed by atoms with Crippen molar-refractivity contribution in [2.24, 2.45) is 11.8 Å². The molecule has 0 aromatic heterocycles. The number of sulfonamides is 1. The first kappa shape index (κ1) is 16.8. The molecule has 1 aromatic rings. The van der Waals surface area contributed by atoms with Gasteiger partial charge in [-0.3, -0.25) is 0 Å². The summed E-state index contributed by atoms with van der Waals surface area (Å²) < 4.78 is 53.3. The van der Waals surface area contributed by atoms with Gasteiger partial charge in [0.05, 0.1) is 10.5 Å². The third-order valence-electron chi connectivity index (χ3n) is 3.71. The SMILES string of the molecule is CC1CC(C)CN(S(=O)(=O)c2cc(F)c(F)c(C(=O)O)c2)C1. The van der Waals surface area contributed by atoms with Crippen LogP contribution in [0.25, 0.3) is 0 Å². The molecule has 1 N–H and O–H groups in total. The van der Waals surface area contributed by atoms with Crippen molar-refractivity contribution in [3.05, 3.63) is 29.3 Å². The molecule has 2 atom stereocenters. The number of carboxylic acids is 1. The summed E-state index contributed by atoms with van der Waals surface area (Å²) in [6, 6.07) is 1.20. The fourth-order valence-electron chi connectivity index (χ4n) is 2.82. The van der Waals surface area contributed by atoms with Crippen LogP contribution in [0.15, 0.2) is 17.0 Å². The van der Waals surface area contributed by atoms with Gasteiger partial charge in [0.1, 0.15) is 0 Å². The Labute approximate surface area is 127 Å². The first-order valence-corrected chi connectivity index (χ1v) is 8.29. The number of carboxylic acid groups (broad SMARTS) is 1. The van der Waals surface area contributed by atoms with Crippen molar-refractivity contribution in [3.8, 4) is 0 Å². The van der Waals surface area contributed by atoms with Crippen molar-refractivity contribution < 1.29 is 27.1 Å². The van der Waals surface area contributed by atoms with Gasteiger partial charge in [-0.25, -0.2) is 22.0 Å². The predicted octanol–water partition coefficient (Wildman–Crippen LogP) is 2.33. The van der Waals surface area contributed by atoms with Crippen LogP contribution in [0.1, 0.15) is 30.6 Å². The summed E-state index contributed by atoms with van der Waals surface area (Å²) in [6.07, 6.45) is 0.879. The Hall–Kier alpha value is -1.54. The Morgan fingerprint density at radius 2 is 1.77 bits per heavy atom. The zero-order valence-corrected chi connectivity index (χ0v) is 13.0. The number of hydrogen-bond acceptors (Lipinski definition) is 3. The Balaban J connectivity index is 2.48. The highest BCUT2D eigenvalue weighted by Gasteiger charge is 2.33. The van der Waals surface area contributed by atoms with Gasteiger partial charge in [-0.1, -0.05) is 13.8 Å². The highest BCUT2D eigenvalue weighted by molar-refractivity contribution is 7.89. The second-order valence-corrected chi connectivity index (χ2v) is 7.78. The average molecular weight is 333 g/mol. The molecule has 2 unspecified atom stereocenters. The van der Waals surface area contributed by atoms with Crippen molar-refractivity contribution >= 4 is 16.0 Å². The van der Waals surface area contributed by atoms with Crippen molar-refractivity contribution in [1.82, 2.24) is 4.31 Å². The van der Waals surface area contributed by atoms with Gasteiger partial charge in [0.2, 0.25) is 10.0 Å². The number of hydrogen-bond donors (Lipinski definition) is 1. The molecule has 0 saturated carbocycles. The summed E-state index contributed by atoms with van der Waals surface area (Å²) in [5.41, 5.74) is -0.989. The van der Waals surface area contributed by atoms with Gasteiger partial charge in [0.25, 0.3) is 0 Å². The molecule has 0 radical (unpaired) electrons. The molecule has 5 nitrogen and oxygen atoms in total. The van der Waals surface area contributed by atoms with Crippen LogP contribution in [0.4, 0.5) is 8.78 Å². The fourth-order valence-corrected chi connectivity index (χ4v) is 4.54. The summed E-state index contributed by atoms with van der Waals surface area (Å²) in [7, 11) is -4.06. The number of rotatable bonds is 3. The minimum atomic E-state index is -4.06.